The third-order valence-electron chi connectivity index (χ3n) is 4.46. The minimum atomic E-state index is 0.178. The highest BCUT2D eigenvalue weighted by molar-refractivity contribution is 9.10. The maximum Gasteiger partial charge on any atom is 0.253 e. The molecule has 1 amide bonds. The summed E-state index contributed by atoms with van der Waals surface area (Å²) in [5, 5.41) is 3.41. The Hall–Kier alpha value is -0.870. The molecular weight excluding hydrogens is 304 g/mol. The highest BCUT2D eigenvalue weighted by Crippen LogP contribution is 2.39. The quantitative estimate of drug-likeness (QED) is 0.862. The number of hydrogen-bond acceptors (Lipinski definition) is 2. The Morgan fingerprint density at radius 2 is 2.05 bits per heavy atom. The molecular formula is C15H19BrN2O. The zero-order valence-corrected chi connectivity index (χ0v) is 12.6. The summed E-state index contributed by atoms with van der Waals surface area (Å²) in [6, 6.07) is 7.69. The maximum atomic E-state index is 12.5. The molecule has 0 aliphatic carbocycles. The van der Waals surface area contributed by atoms with Crippen LogP contribution in [0.2, 0.25) is 0 Å². The van der Waals surface area contributed by atoms with Crippen molar-refractivity contribution in [1.82, 2.24) is 10.2 Å². The standard InChI is InChI=1S/C15H19BrN2O/c16-13-3-1-2-12(10-13)14(19)18-9-6-15(11-18)4-7-17-8-5-15/h1-3,10,17H,4-9,11H2. The van der Waals surface area contributed by atoms with Gasteiger partial charge in [-0.25, -0.2) is 0 Å². The number of likely N-dealkylation sites (tertiary alicyclic amines) is 1. The molecule has 1 spiro atoms. The molecule has 2 heterocycles. The van der Waals surface area contributed by atoms with Crippen LogP contribution in [0.3, 0.4) is 0 Å². The van der Waals surface area contributed by atoms with E-state index in [0.717, 1.165) is 42.6 Å². The number of rotatable bonds is 1. The van der Waals surface area contributed by atoms with Gasteiger partial charge >= 0.3 is 0 Å². The van der Waals surface area contributed by atoms with Crippen LogP contribution < -0.4 is 5.32 Å². The van der Waals surface area contributed by atoms with Gasteiger partial charge in [0.15, 0.2) is 0 Å². The molecule has 1 aromatic rings. The van der Waals surface area contributed by atoms with E-state index in [1.165, 1.54) is 12.8 Å². The molecule has 0 radical (unpaired) electrons. The van der Waals surface area contributed by atoms with Gasteiger partial charge in [0.05, 0.1) is 0 Å². The van der Waals surface area contributed by atoms with E-state index < -0.39 is 0 Å². The van der Waals surface area contributed by atoms with Crippen molar-refractivity contribution in [3.05, 3.63) is 34.3 Å². The van der Waals surface area contributed by atoms with Crippen molar-refractivity contribution in [2.45, 2.75) is 19.3 Å². The van der Waals surface area contributed by atoms with Gasteiger partial charge in [0.25, 0.3) is 5.91 Å². The molecule has 0 bridgehead atoms. The van der Waals surface area contributed by atoms with Crippen LogP contribution in [0.5, 0.6) is 0 Å². The summed E-state index contributed by atoms with van der Waals surface area (Å²) >= 11 is 3.43. The fourth-order valence-corrected chi connectivity index (χ4v) is 3.68. The van der Waals surface area contributed by atoms with Crippen LogP contribution in [0.4, 0.5) is 0 Å². The number of nitrogens with zero attached hydrogens (tertiary/aromatic N) is 1. The molecule has 102 valence electrons. The SMILES string of the molecule is O=C(c1cccc(Br)c1)N1CCC2(CCNCC2)C1. The molecule has 2 fully saturated rings. The fraction of sp³-hybridized carbons (Fsp3) is 0.533. The first-order valence-corrected chi connectivity index (χ1v) is 7.73. The smallest absolute Gasteiger partial charge is 0.253 e. The van der Waals surface area contributed by atoms with Crippen LogP contribution >= 0.6 is 15.9 Å². The van der Waals surface area contributed by atoms with Gasteiger partial charge in [-0.3, -0.25) is 4.79 Å². The van der Waals surface area contributed by atoms with E-state index in [4.69, 9.17) is 0 Å². The largest absolute Gasteiger partial charge is 0.338 e. The molecule has 3 rings (SSSR count). The van der Waals surface area contributed by atoms with Gasteiger partial charge in [-0.1, -0.05) is 22.0 Å². The molecule has 1 N–H and O–H groups in total. The fourth-order valence-electron chi connectivity index (χ4n) is 3.28. The first-order chi connectivity index (χ1) is 9.19. The Morgan fingerprint density at radius 3 is 2.79 bits per heavy atom. The zero-order chi connectivity index (χ0) is 13.3. The Kier molecular flexibility index (Phi) is 3.63. The lowest BCUT2D eigenvalue weighted by Gasteiger charge is -2.33. The van der Waals surface area contributed by atoms with Gasteiger partial charge in [-0.15, -0.1) is 0 Å². The van der Waals surface area contributed by atoms with Gasteiger partial charge in [-0.05, 0) is 56.0 Å². The maximum absolute atomic E-state index is 12.5. The normalized spacial score (nSPS) is 21.8. The van der Waals surface area contributed by atoms with Crippen molar-refractivity contribution in [1.29, 1.82) is 0 Å². The number of benzene rings is 1. The third-order valence-corrected chi connectivity index (χ3v) is 4.95. The zero-order valence-electron chi connectivity index (χ0n) is 11.0. The molecule has 19 heavy (non-hydrogen) atoms. The van der Waals surface area contributed by atoms with Crippen molar-refractivity contribution < 1.29 is 4.79 Å². The first kappa shape index (κ1) is 13.1. The topological polar surface area (TPSA) is 32.3 Å². The Balaban J connectivity index is 1.72. The van der Waals surface area contributed by atoms with Gasteiger partial charge < -0.3 is 10.2 Å². The summed E-state index contributed by atoms with van der Waals surface area (Å²) in [6.45, 7) is 4.03. The van der Waals surface area contributed by atoms with Crippen LogP contribution in [0, 0.1) is 5.41 Å². The van der Waals surface area contributed by atoms with Crippen LogP contribution in [0.1, 0.15) is 29.6 Å². The van der Waals surface area contributed by atoms with Crippen molar-refractivity contribution in [2.24, 2.45) is 5.41 Å². The number of hydrogen-bond donors (Lipinski definition) is 1. The van der Waals surface area contributed by atoms with E-state index in [9.17, 15) is 4.79 Å². The lowest BCUT2D eigenvalue weighted by molar-refractivity contribution is 0.0762. The van der Waals surface area contributed by atoms with Gasteiger partial charge in [0.1, 0.15) is 0 Å². The summed E-state index contributed by atoms with van der Waals surface area (Å²) in [5.74, 6) is 0.178. The molecule has 0 aromatic heterocycles. The summed E-state index contributed by atoms with van der Waals surface area (Å²) in [5.41, 5.74) is 1.17. The second-order valence-corrected chi connectivity index (χ2v) is 6.65. The molecule has 0 unspecified atom stereocenters. The predicted molar refractivity (Wildman–Crippen MR) is 79.2 cm³/mol. The number of nitrogens with one attached hydrogen (secondary N) is 1. The summed E-state index contributed by atoms with van der Waals surface area (Å²) in [7, 11) is 0. The lowest BCUT2D eigenvalue weighted by Crippen LogP contribution is -2.39. The average molecular weight is 323 g/mol. The number of piperidine rings is 1. The van der Waals surface area contributed by atoms with Crippen molar-refractivity contribution in [3.63, 3.8) is 0 Å². The minimum Gasteiger partial charge on any atom is -0.338 e. The van der Waals surface area contributed by atoms with E-state index in [1.54, 1.807) is 0 Å². The summed E-state index contributed by atoms with van der Waals surface area (Å²) in [6.07, 6.45) is 3.57. The molecule has 2 saturated heterocycles. The lowest BCUT2D eigenvalue weighted by atomic mass is 9.78. The Labute approximate surface area is 122 Å². The monoisotopic (exact) mass is 322 g/mol. The van der Waals surface area contributed by atoms with Gasteiger partial charge in [0, 0.05) is 23.1 Å². The Morgan fingerprint density at radius 1 is 1.26 bits per heavy atom. The van der Waals surface area contributed by atoms with E-state index in [0.29, 0.717) is 5.41 Å². The van der Waals surface area contributed by atoms with Crippen LogP contribution in [-0.4, -0.2) is 37.0 Å². The molecule has 4 heteroatoms. The third kappa shape index (κ3) is 2.70. The highest BCUT2D eigenvalue weighted by atomic mass is 79.9. The molecule has 2 aliphatic heterocycles. The highest BCUT2D eigenvalue weighted by Gasteiger charge is 2.40. The van der Waals surface area contributed by atoms with E-state index >= 15 is 0 Å². The molecule has 3 nitrogen and oxygen atoms in total. The van der Waals surface area contributed by atoms with Crippen molar-refractivity contribution in [3.8, 4) is 0 Å². The number of amides is 1. The van der Waals surface area contributed by atoms with Crippen LogP contribution in [0.25, 0.3) is 0 Å². The molecule has 0 saturated carbocycles. The predicted octanol–water partition coefficient (Wildman–Crippen LogP) is 2.66. The molecule has 0 atom stereocenters. The number of carbonyl (C=O) groups is 1. The van der Waals surface area contributed by atoms with Crippen molar-refractivity contribution in [2.75, 3.05) is 26.2 Å². The van der Waals surface area contributed by atoms with E-state index in [1.807, 2.05) is 29.2 Å². The minimum absolute atomic E-state index is 0.178. The number of carbonyl (C=O) groups excluding carboxylic acids is 1. The number of halogens is 1. The first-order valence-electron chi connectivity index (χ1n) is 6.94. The second-order valence-electron chi connectivity index (χ2n) is 5.74. The Bertz CT molecular complexity index is 483. The van der Waals surface area contributed by atoms with E-state index in [-0.39, 0.29) is 5.91 Å². The summed E-state index contributed by atoms with van der Waals surface area (Å²) in [4.78, 5) is 14.5. The van der Waals surface area contributed by atoms with E-state index in [2.05, 4.69) is 21.2 Å². The van der Waals surface area contributed by atoms with Crippen LogP contribution in [0.15, 0.2) is 28.7 Å². The average Bonchev–Trinajstić information content (AvgIpc) is 2.82. The van der Waals surface area contributed by atoms with Gasteiger partial charge in [-0.2, -0.15) is 0 Å². The second kappa shape index (κ2) is 5.25. The molecule has 1 aromatic carbocycles. The molecule has 2 aliphatic rings. The van der Waals surface area contributed by atoms with Crippen LogP contribution in [-0.2, 0) is 0 Å². The van der Waals surface area contributed by atoms with Gasteiger partial charge in [0.2, 0.25) is 0 Å². The summed E-state index contributed by atoms with van der Waals surface area (Å²) < 4.78 is 0.967. The van der Waals surface area contributed by atoms with Crippen molar-refractivity contribution >= 4 is 21.8 Å².